The molecule has 0 N–H and O–H groups in total. The lowest BCUT2D eigenvalue weighted by atomic mass is 9.94. The van der Waals surface area contributed by atoms with Crippen LogP contribution in [0.25, 0.3) is 21.0 Å². The Morgan fingerprint density at radius 2 is 1.68 bits per heavy atom. The number of methoxy groups -OCH3 is 2. The molecule has 0 unspecified atom stereocenters. The number of hydrogen-bond acceptors (Lipinski definition) is 4. The molecule has 0 saturated carbocycles. The minimum atomic E-state index is 0.781. The van der Waals surface area contributed by atoms with Gasteiger partial charge in [0.1, 0.15) is 11.5 Å². The van der Waals surface area contributed by atoms with Gasteiger partial charge in [0.25, 0.3) is 0 Å². The first-order valence-electron chi connectivity index (χ1n) is 8.17. The van der Waals surface area contributed by atoms with Crippen LogP contribution in [0.15, 0.2) is 48.0 Å². The predicted octanol–water partition coefficient (Wildman–Crippen LogP) is 5.37. The summed E-state index contributed by atoms with van der Waals surface area (Å²) in [5, 5.41) is 2.16. The number of ether oxygens (including phenoxy) is 2. The quantitative estimate of drug-likeness (QED) is 0.496. The summed E-state index contributed by atoms with van der Waals surface area (Å²) in [6, 6.07) is 14.7. The van der Waals surface area contributed by atoms with Crippen molar-refractivity contribution in [2.75, 3.05) is 14.2 Å². The van der Waals surface area contributed by atoms with E-state index in [1.165, 1.54) is 10.3 Å². The lowest BCUT2D eigenvalue weighted by Gasteiger charge is -2.19. The molecule has 0 fully saturated rings. The molecule has 0 aliphatic rings. The van der Waals surface area contributed by atoms with Gasteiger partial charge in [0.2, 0.25) is 0 Å². The molecule has 0 atom stereocenters. The highest BCUT2D eigenvalue weighted by atomic mass is 32.1. The van der Waals surface area contributed by atoms with Crippen LogP contribution in [-0.4, -0.2) is 19.2 Å². The molecule has 25 heavy (non-hydrogen) atoms. The molecule has 0 saturated heterocycles. The van der Waals surface area contributed by atoms with E-state index in [1.807, 2.05) is 17.6 Å². The smallest absolute Gasteiger partial charge is 0.130 e. The molecule has 1 aromatic heterocycles. The van der Waals surface area contributed by atoms with Crippen LogP contribution in [0.4, 0.5) is 0 Å². The van der Waals surface area contributed by atoms with Crippen LogP contribution in [0.1, 0.15) is 16.7 Å². The topological polar surface area (TPSA) is 31.4 Å². The molecule has 0 aliphatic carbocycles. The molecule has 0 bridgehead atoms. The first-order valence-corrected chi connectivity index (χ1v) is 9.05. The minimum absolute atomic E-state index is 0.781. The van der Waals surface area contributed by atoms with E-state index in [1.54, 1.807) is 25.6 Å². The first kappa shape index (κ1) is 15.9. The summed E-state index contributed by atoms with van der Waals surface area (Å²) in [5.41, 5.74) is 6.44. The fourth-order valence-electron chi connectivity index (χ4n) is 3.48. The van der Waals surface area contributed by atoms with Crippen molar-refractivity contribution in [3.8, 4) is 11.5 Å². The van der Waals surface area contributed by atoms with Crippen molar-refractivity contribution < 1.29 is 9.47 Å². The number of fused-ring (bicyclic) bond motifs is 2. The Morgan fingerprint density at radius 3 is 2.40 bits per heavy atom. The fraction of sp³-hybridized carbons (Fsp3) is 0.190. The van der Waals surface area contributed by atoms with Gasteiger partial charge in [0.15, 0.2) is 0 Å². The predicted molar refractivity (Wildman–Crippen MR) is 104 cm³/mol. The van der Waals surface area contributed by atoms with E-state index in [0.29, 0.717) is 0 Å². The molecule has 126 valence electrons. The van der Waals surface area contributed by atoms with E-state index in [4.69, 9.17) is 9.47 Å². The SMILES string of the molecule is COc1c(C)c(Cc2ccc3scnc3c2)c(OC)c2ccccc12. The highest BCUT2D eigenvalue weighted by molar-refractivity contribution is 7.16. The Morgan fingerprint density at radius 1 is 0.960 bits per heavy atom. The lowest BCUT2D eigenvalue weighted by molar-refractivity contribution is 0.404. The highest BCUT2D eigenvalue weighted by Crippen LogP contribution is 2.41. The zero-order valence-electron chi connectivity index (χ0n) is 14.5. The molecular weight excluding hydrogens is 330 g/mol. The van der Waals surface area contributed by atoms with Crippen molar-refractivity contribution in [3.05, 3.63) is 64.7 Å². The van der Waals surface area contributed by atoms with E-state index < -0.39 is 0 Å². The Balaban J connectivity index is 1.91. The van der Waals surface area contributed by atoms with Crippen LogP contribution < -0.4 is 9.47 Å². The van der Waals surface area contributed by atoms with E-state index in [-0.39, 0.29) is 0 Å². The summed E-state index contributed by atoms with van der Waals surface area (Å²) < 4.78 is 12.8. The van der Waals surface area contributed by atoms with Gasteiger partial charge in [-0.15, -0.1) is 11.3 Å². The number of benzene rings is 3. The van der Waals surface area contributed by atoms with E-state index in [9.17, 15) is 0 Å². The van der Waals surface area contributed by atoms with Crippen LogP contribution in [0, 0.1) is 6.92 Å². The zero-order chi connectivity index (χ0) is 17.4. The molecule has 0 spiro atoms. The molecule has 0 amide bonds. The summed E-state index contributed by atoms with van der Waals surface area (Å²) in [7, 11) is 3.47. The summed E-state index contributed by atoms with van der Waals surface area (Å²) in [4.78, 5) is 4.43. The molecular formula is C21H19NO2S. The van der Waals surface area contributed by atoms with Crippen molar-refractivity contribution in [3.63, 3.8) is 0 Å². The molecule has 0 aliphatic heterocycles. The molecule has 3 nitrogen and oxygen atoms in total. The second-order valence-corrected chi connectivity index (χ2v) is 6.93. The van der Waals surface area contributed by atoms with Gasteiger partial charge in [-0.05, 0) is 30.2 Å². The van der Waals surface area contributed by atoms with Crippen molar-refractivity contribution in [2.24, 2.45) is 0 Å². The third-order valence-electron chi connectivity index (χ3n) is 4.67. The number of rotatable bonds is 4. The molecule has 0 radical (unpaired) electrons. The third kappa shape index (κ3) is 2.63. The van der Waals surface area contributed by atoms with Gasteiger partial charge < -0.3 is 9.47 Å². The number of thiazole rings is 1. The van der Waals surface area contributed by atoms with Gasteiger partial charge in [-0.3, -0.25) is 0 Å². The van der Waals surface area contributed by atoms with E-state index >= 15 is 0 Å². The van der Waals surface area contributed by atoms with Gasteiger partial charge in [-0.2, -0.15) is 0 Å². The van der Waals surface area contributed by atoms with Crippen molar-refractivity contribution in [1.29, 1.82) is 0 Å². The van der Waals surface area contributed by atoms with Gasteiger partial charge in [-0.1, -0.05) is 30.3 Å². The Bertz CT molecular complexity index is 1070. The monoisotopic (exact) mass is 349 g/mol. The number of aromatic nitrogens is 1. The largest absolute Gasteiger partial charge is 0.496 e. The molecule has 4 rings (SSSR count). The van der Waals surface area contributed by atoms with Crippen LogP contribution >= 0.6 is 11.3 Å². The van der Waals surface area contributed by atoms with Gasteiger partial charge in [-0.25, -0.2) is 4.98 Å². The first-order chi connectivity index (χ1) is 12.2. The molecule has 3 aromatic carbocycles. The van der Waals surface area contributed by atoms with Crippen LogP contribution in [0.5, 0.6) is 11.5 Å². The Hall–Kier alpha value is -2.59. The minimum Gasteiger partial charge on any atom is -0.496 e. The number of nitrogens with zero attached hydrogens (tertiary/aromatic N) is 1. The standard InChI is InChI=1S/C21H19NO2S/c1-13-17(10-14-8-9-19-18(11-14)22-12-25-19)21(24-3)16-7-5-4-6-15(16)20(13)23-2/h4-9,11-12H,10H2,1-3H3. The van der Waals surface area contributed by atoms with Crippen molar-refractivity contribution >= 4 is 32.3 Å². The Labute approximate surface area is 150 Å². The molecule has 4 aromatic rings. The average Bonchev–Trinajstić information content (AvgIpc) is 3.10. The Kier molecular flexibility index (Phi) is 4.06. The number of hydrogen-bond donors (Lipinski definition) is 0. The summed E-state index contributed by atoms with van der Waals surface area (Å²) in [5.74, 6) is 1.84. The van der Waals surface area contributed by atoms with E-state index in [0.717, 1.165) is 45.3 Å². The van der Waals surface area contributed by atoms with Gasteiger partial charge >= 0.3 is 0 Å². The maximum Gasteiger partial charge on any atom is 0.130 e. The van der Waals surface area contributed by atoms with E-state index in [2.05, 4.69) is 42.2 Å². The van der Waals surface area contributed by atoms with Crippen LogP contribution in [-0.2, 0) is 6.42 Å². The van der Waals surface area contributed by atoms with Gasteiger partial charge in [0.05, 0.1) is 29.9 Å². The van der Waals surface area contributed by atoms with Crippen molar-refractivity contribution in [2.45, 2.75) is 13.3 Å². The average molecular weight is 349 g/mol. The normalized spacial score (nSPS) is 11.2. The second kappa shape index (κ2) is 6.37. The maximum atomic E-state index is 5.81. The molecule has 1 heterocycles. The molecule has 4 heteroatoms. The third-order valence-corrected chi connectivity index (χ3v) is 5.48. The second-order valence-electron chi connectivity index (χ2n) is 6.05. The summed E-state index contributed by atoms with van der Waals surface area (Å²) in [6.45, 7) is 2.10. The summed E-state index contributed by atoms with van der Waals surface area (Å²) >= 11 is 1.67. The van der Waals surface area contributed by atoms with Crippen LogP contribution in [0.3, 0.4) is 0 Å². The van der Waals surface area contributed by atoms with Gasteiger partial charge in [0, 0.05) is 22.8 Å². The lowest BCUT2D eigenvalue weighted by Crippen LogP contribution is -2.01. The fourth-order valence-corrected chi connectivity index (χ4v) is 4.14. The zero-order valence-corrected chi connectivity index (χ0v) is 15.3. The van der Waals surface area contributed by atoms with Crippen LogP contribution in [0.2, 0.25) is 0 Å². The maximum absolute atomic E-state index is 5.81. The summed E-state index contributed by atoms with van der Waals surface area (Å²) in [6.07, 6.45) is 0.781. The van der Waals surface area contributed by atoms with Crippen molar-refractivity contribution in [1.82, 2.24) is 4.98 Å². The highest BCUT2D eigenvalue weighted by Gasteiger charge is 2.18.